The van der Waals surface area contributed by atoms with Crippen molar-refractivity contribution in [1.29, 1.82) is 0 Å². The van der Waals surface area contributed by atoms with Crippen LogP contribution in [0.4, 0.5) is 0 Å². The minimum Gasteiger partial charge on any atom is -0.481 e. The van der Waals surface area contributed by atoms with E-state index in [9.17, 15) is 9.90 Å². The average molecular weight is 632 g/mol. The second-order valence-electron chi connectivity index (χ2n) is 12.2. The van der Waals surface area contributed by atoms with Gasteiger partial charge in [0.1, 0.15) is 0 Å². The fourth-order valence-corrected chi connectivity index (χ4v) is 5.53. The molecule has 0 spiro atoms. The minimum absolute atomic E-state index is 0.0783. The van der Waals surface area contributed by atoms with E-state index in [2.05, 4.69) is 69.0 Å². The van der Waals surface area contributed by atoms with Crippen LogP contribution in [0, 0.1) is 5.41 Å². The summed E-state index contributed by atoms with van der Waals surface area (Å²) in [5, 5.41) is 20.6. The van der Waals surface area contributed by atoms with E-state index in [4.69, 9.17) is 21.7 Å². The van der Waals surface area contributed by atoms with Crippen molar-refractivity contribution in [3.05, 3.63) is 112 Å². The van der Waals surface area contributed by atoms with Crippen LogP contribution < -0.4 is 0 Å². The van der Waals surface area contributed by atoms with Gasteiger partial charge in [0.2, 0.25) is 0 Å². The van der Waals surface area contributed by atoms with Gasteiger partial charge in [-0.15, -0.1) is 0 Å². The van der Waals surface area contributed by atoms with E-state index in [-0.39, 0.29) is 5.41 Å². The highest BCUT2D eigenvalue weighted by molar-refractivity contribution is 7.80. The molecule has 1 fully saturated rings. The first-order valence-electron chi connectivity index (χ1n) is 15.5. The molecule has 6 heteroatoms. The number of hydrogen-bond donors (Lipinski definition) is 3. The van der Waals surface area contributed by atoms with Gasteiger partial charge in [-0.2, -0.15) is 12.6 Å². The number of nitrogens with zero attached hydrogens (tertiary/aromatic N) is 1. The molecule has 2 N–H and O–H groups in total. The Hall–Kier alpha value is -3.12. The summed E-state index contributed by atoms with van der Waals surface area (Å²) >= 11 is 10.2. The lowest BCUT2D eigenvalue weighted by Crippen LogP contribution is -2.18. The maximum absolute atomic E-state index is 10.4. The number of thiol groups is 1. The second kappa shape index (κ2) is 16.8. The molecule has 1 aliphatic rings. The van der Waals surface area contributed by atoms with Crippen molar-refractivity contribution in [1.82, 2.24) is 4.98 Å². The van der Waals surface area contributed by atoms with Gasteiger partial charge in [0.05, 0.1) is 23.2 Å². The molecule has 1 saturated carbocycles. The predicted octanol–water partition coefficient (Wildman–Crippen LogP) is 10.0. The van der Waals surface area contributed by atoms with E-state index in [1.54, 1.807) is 0 Å². The summed E-state index contributed by atoms with van der Waals surface area (Å²) in [6.07, 6.45) is 10.8. The number of rotatable bonds is 10. The van der Waals surface area contributed by atoms with E-state index in [0.29, 0.717) is 11.4 Å². The molecular formula is C38H46ClNO3S. The number of fused-ring (bicyclic) bond motifs is 1. The second-order valence-corrected chi connectivity index (χ2v) is 12.9. The van der Waals surface area contributed by atoms with Crippen molar-refractivity contribution in [2.24, 2.45) is 5.41 Å². The third-order valence-electron chi connectivity index (χ3n) is 7.48. The Balaban J connectivity index is 0.000000371. The summed E-state index contributed by atoms with van der Waals surface area (Å²) in [6.45, 7) is 7.95. The molecule has 0 bridgehead atoms. The van der Waals surface area contributed by atoms with Crippen molar-refractivity contribution < 1.29 is 15.0 Å². The predicted molar refractivity (Wildman–Crippen MR) is 190 cm³/mol. The average Bonchev–Trinajstić information content (AvgIpc) is 3.76. The lowest BCUT2D eigenvalue weighted by molar-refractivity contribution is -0.138. The summed E-state index contributed by atoms with van der Waals surface area (Å²) in [5.74, 6) is 0.0285. The van der Waals surface area contributed by atoms with Crippen LogP contribution in [-0.2, 0) is 23.2 Å². The Labute approximate surface area is 273 Å². The Morgan fingerprint density at radius 3 is 2.32 bits per heavy atom. The monoisotopic (exact) mass is 631 g/mol. The topological polar surface area (TPSA) is 70.4 Å². The Bertz CT molecular complexity index is 1540. The van der Waals surface area contributed by atoms with Gasteiger partial charge in [-0.1, -0.05) is 98.6 Å². The number of benzene rings is 3. The van der Waals surface area contributed by atoms with Crippen molar-refractivity contribution >= 4 is 53.3 Å². The first-order valence-corrected chi connectivity index (χ1v) is 16.5. The highest BCUT2D eigenvalue weighted by Crippen LogP contribution is 2.49. The van der Waals surface area contributed by atoms with Crippen molar-refractivity contribution in [2.45, 2.75) is 78.2 Å². The summed E-state index contributed by atoms with van der Waals surface area (Å²) in [4.78, 5) is 14.9. The van der Waals surface area contributed by atoms with Crippen LogP contribution in [0.15, 0.2) is 78.9 Å². The molecule has 0 atom stereocenters. The number of carboxylic acids is 1. The molecule has 5 rings (SSSR count). The number of hydrogen-bond acceptors (Lipinski definition) is 4. The number of carbonyl (C=O) groups is 1. The Kier molecular flexibility index (Phi) is 13.5. The summed E-state index contributed by atoms with van der Waals surface area (Å²) in [7, 11) is 0. The van der Waals surface area contributed by atoms with Crippen LogP contribution in [0.1, 0.15) is 87.7 Å². The maximum Gasteiger partial charge on any atom is 0.303 e. The van der Waals surface area contributed by atoms with Gasteiger partial charge in [-0.3, -0.25) is 4.79 Å². The van der Waals surface area contributed by atoms with Gasteiger partial charge >= 0.3 is 5.97 Å². The highest BCUT2D eigenvalue weighted by Gasteiger charge is 2.42. The van der Waals surface area contributed by atoms with Gasteiger partial charge in [-0.05, 0) is 104 Å². The molecule has 0 unspecified atom stereocenters. The number of pyridine rings is 1. The molecule has 0 saturated heterocycles. The van der Waals surface area contributed by atoms with E-state index >= 15 is 0 Å². The summed E-state index contributed by atoms with van der Waals surface area (Å²) in [5.41, 5.74) is 5.78. The summed E-state index contributed by atoms with van der Waals surface area (Å²) in [6, 6.07) is 26.7. The lowest BCUT2D eigenvalue weighted by atomic mass is 9.90. The molecular weight excluding hydrogens is 586 g/mol. The zero-order chi connectivity index (χ0) is 32.2. The minimum atomic E-state index is -0.816. The molecule has 3 aromatic carbocycles. The highest BCUT2D eigenvalue weighted by atomic mass is 35.5. The van der Waals surface area contributed by atoms with Gasteiger partial charge in [0.25, 0.3) is 0 Å². The fraction of sp³-hybridized carbons (Fsp3) is 0.368. The van der Waals surface area contributed by atoms with Crippen molar-refractivity contribution in [2.75, 3.05) is 5.75 Å². The van der Waals surface area contributed by atoms with Crippen LogP contribution in [0.5, 0.6) is 0 Å². The Morgan fingerprint density at radius 1 is 0.977 bits per heavy atom. The smallest absolute Gasteiger partial charge is 0.303 e. The van der Waals surface area contributed by atoms with Gasteiger partial charge in [-0.25, -0.2) is 4.98 Å². The number of aromatic nitrogens is 1. The number of aliphatic carboxylic acids is 1. The van der Waals surface area contributed by atoms with E-state index in [1.165, 1.54) is 17.5 Å². The standard InChI is InChI=1S/C29H28ClNO.C6H10O2S.C3H8/c1-29(2,32)27-12-4-3-10-23(27)11-6-9-21-7-5-8-22(19-21)13-17-26-18-15-24-14-16-25(30)20-28(24)31-26;7-5(8)3-6(4-9)1-2-6;1-3-2/h3-5,7-8,10,12-20,32H,6,9,11H2,1-2H3;9H,1-4H2,(H,7,8);3H2,1-2H3/b17-13+;;. The maximum atomic E-state index is 10.4. The molecule has 0 amide bonds. The molecule has 4 nitrogen and oxygen atoms in total. The van der Waals surface area contributed by atoms with Gasteiger partial charge < -0.3 is 10.2 Å². The molecule has 44 heavy (non-hydrogen) atoms. The van der Waals surface area contributed by atoms with Crippen LogP contribution in [0.25, 0.3) is 23.1 Å². The SMILES string of the molecule is CC(C)(O)c1ccccc1CCCc1cccc(/C=C/c2ccc3ccc(Cl)cc3n2)c1.CCC.O=C(O)CC1(CS)CC1. The van der Waals surface area contributed by atoms with Crippen LogP contribution >= 0.6 is 24.2 Å². The number of carboxylic acid groups (broad SMARTS) is 1. The fourth-order valence-electron chi connectivity index (χ4n) is 4.94. The number of aliphatic hydroxyl groups is 1. The van der Waals surface area contributed by atoms with E-state index < -0.39 is 11.6 Å². The van der Waals surface area contributed by atoms with Crippen LogP contribution in [-0.4, -0.2) is 26.9 Å². The third-order valence-corrected chi connectivity index (χ3v) is 8.39. The van der Waals surface area contributed by atoms with Gasteiger partial charge in [0, 0.05) is 10.4 Å². The van der Waals surface area contributed by atoms with Crippen LogP contribution in [0.2, 0.25) is 5.02 Å². The van der Waals surface area contributed by atoms with Gasteiger partial charge in [0.15, 0.2) is 0 Å². The molecule has 1 heterocycles. The zero-order valence-corrected chi connectivity index (χ0v) is 28.0. The molecule has 1 aliphatic carbocycles. The quantitative estimate of drug-likeness (QED) is 0.152. The van der Waals surface area contributed by atoms with Crippen LogP contribution in [0.3, 0.4) is 0 Å². The largest absolute Gasteiger partial charge is 0.481 e. The first kappa shape index (κ1) is 35.4. The van der Waals surface area contributed by atoms with Crippen molar-refractivity contribution in [3.8, 4) is 0 Å². The first-order chi connectivity index (χ1) is 21.0. The zero-order valence-electron chi connectivity index (χ0n) is 26.4. The molecule has 0 aliphatic heterocycles. The third kappa shape index (κ3) is 11.4. The van der Waals surface area contributed by atoms with E-state index in [0.717, 1.165) is 65.6 Å². The molecule has 4 aromatic rings. The molecule has 234 valence electrons. The lowest BCUT2D eigenvalue weighted by Gasteiger charge is -2.21. The summed E-state index contributed by atoms with van der Waals surface area (Å²) < 4.78 is 0. The number of aryl methyl sites for hydroxylation is 2. The molecule has 0 radical (unpaired) electrons. The van der Waals surface area contributed by atoms with Crippen molar-refractivity contribution in [3.63, 3.8) is 0 Å². The normalized spacial score (nSPS) is 13.5. The molecule has 1 aromatic heterocycles. The Morgan fingerprint density at radius 2 is 1.68 bits per heavy atom. The number of halogens is 1. The van der Waals surface area contributed by atoms with E-state index in [1.807, 2.05) is 62.4 Å².